The van der Waals surface area contributed by atoms with Crippen LogP contribution >= 0.6 is 0 Å². The normalized spacial score (nSPS) is 13.8. The molecule has 1 unspecified atom stereocenters. The summed E-state index contributed by atoms with van der Waals surface area (Å²) in [6.45, 7) is 1.55. The van der Waals surface area contributed by atoms with Crippen LogP contribution in [-0.2, 0) is 19.0 Å². The van der Waals surface area contributed by atoms with Gasteiger partial charge in [-0.25, -0.2) is 0 Å². The van der Waals surface area contributed by atoms with Crippen LogP contribution in [0.3, 0.4) is 0 Å². The van der Waals surface area contributed by atoms with Gasteiger partial charge in [-0.2, -0.15) is 0 Å². The van der Waals surface area contributed by atoms with Crippen LogP contribution in [0.1, 0.15) is 19.8 Å². The van der Waals surface area contributed by atoms with Gasteiger partial charge in [0.15, 0.2) is 5.79 Å². The van der Waals surface area contributed by atoms with E-state index in [0.29, 0.717) is 0 Å². The van der Waals surface area contributed by atoms with Crippen LogP contribution in [0.2, 0.25) is 0 Å². The lowest BCUT2D eigenvalue weighted by Crippen LogP contribution is -2.44. The number of ether oxygens (including phenoxy) is 3. The van der Waals surface area contributed by atoms with Crippen molar-refractivity contribution in [2.75, 3.05) is 21.3 Å². The van der Waals surface area contributed by atoms with E-state index in [1.54, 1.807) is 6.92 Å². The zero-order valence-electron chi connectivity index (χ0n) is 9.07. The predicted molar refractivity (Wildman–Crippen MR) is 49.7 cm³/mol. The number of hydrogen-bond donors (Lipinski definition) is 1. The van der Waals surface area contributed by atoms with Crippen molar-refractivity contribution in [2.45, 2.75) is 31.7 Å². The lowest BCUT2D eigenvalue weighted by atomic mass is 10.1. The van der Waals surface area contributed by atoms with Crippen molar-refractivity contribution in [3.05, 3.63) is 0 Å². The van der Waals surface area contributed by atoms with Gasteiger partial charge in [-0.15, -0.1) is 0 Å². The summed E-state index contributed by atoms with van der Waals surface area (Å²) in [5.74, 6) is -1.49. The average molecular weight is 206 g/mol. The van der Waals surface area contributed by atoms with Gasteiger partial charge < -0.3 is 19.3 Å². The van der Waals surface area contributed by atoms with Gasteiger partial charge >= 0.3 is 5.97 Å². The Morgan fingerprint density at radius 1 is 1.36 bits per heavy atom. The summed E-state index contributed by atoms with van der Waals surface area (Å²) < 4.78 is 14.6. The molecular weight excluding hydrogens is 188 g/mol. The van der Waals surface area contributed by atoms with Crippen LogP contribution in [-0.4, -0.2) is 44.3 Å². The molecule has 0 aliphatic carbocycles. The maximum Gasteiger partial charge on any atom is 0.305 e. The maximum atomic E-state index is 10.9. The number of aliphatic hydroxyl groups excluding tert-OH is 1. The molecule has 0 aromatic heterocycles. The minimum atomic E-state index is -1.13. The van der Waals surface area contributed by atoms with Crippen molar-refractivity contribution in [2.24, 2.45) is 0 Å². The number of methoxy groups -OCH3 is 3. The highest BCUT2D eigenvalue weighted by Gasteiger charge is 2.35. The average Bonchev–Trinajstić information content (AvgIpc) is 2.19. The minimum Gasteiger partial charge on any atom is -0.469 e. The van der Waals surface area contributed by atoms with E-state index < -0.39 is 11.9 Å². The van der Waals surface area contributed by atoms with E-state index in [0.717, 1.165) is 0 Å². The molecule has 0 fully saturated rings. The summed E-state index contributed by atoms with van der Waals surface area (Å²) >= 11 is 0. The summed E-state index contributed by atoms with van der Waals surface area (Å²) in [7, 11) is 4.16. The van der Waals surface area contributed by atoms with E-state index in [1.807, 2.05) is 0 Å². The first-order chi connectivity index (χ1) is 6.52. The number of hydrogen-bond acceptors (Lipinski definition) is 5. The Kier molecular flexibility index (Phi) is 5.68. The molecule has 1 N–H and O–H groups in total. The van der Waals surface area contributed by atoms with Crippen LogP contribution in [0.4, 0.5) is 0 Å². The summed E-state index contributed by atoms with van der Waals surface area (Å²) in [5.41, 5.74) is 0. The van der Waals surface area contributed by atoms with E-state index in [9.17, 15) is 9.90 Å². The van der Waals surface area contributed by atoms with Crippen molar-refractivity contribution in [3.63, 3.8) is 0 Å². The zero-order chi connectivity index (χ0) is 11.2. The quantitative estimate of drug-likeness (QED) is 0.500. The van der Waals surface area contributed by atoms with Crippen molar-refractivity contribution in [1.29, 1.82) is 0 Å². The number of esters is 1. The molecule has 0 amide bonds. The second-order valence-corrected chi connectivity index (χ2v) is 2.97. The Balaban J connectivity index is 4.29. The number of rotatable bonds is 6. The highest BCUT2D eigenvalue weighted by atomic mass is 16.7. The van der Waals surface area contributed by atoms with Gasteiger partial charge in [-0.05, 0) is 6.92 Å². The minimum absolute atomic E-state index is 0.142. The molecule has 14 heavy (non-hydrogen) atoms. The predicted octanol–water partition coefficient (Wildman–Crippen LogP) is 0.309. The van der Waals surface area contributed by atoms with E-state index >= 15 is 0 Å². The molecule has 0 saturated heterocycles. The third kappa shape index (κ3) is 3.25. The second kappa shape index (κ2) is 5.95. The van der Waals surface area contributed by atoms with E-state index in [4.69, 9.17) is 9.47 Å². The number of carbonyl (C=O) groups is 1. The van der Waals surface area contributed by atoms with Crippen LogP contribution < -0.4 is 0 Å². The largest absolute Gasteiger partial charge is 0.469 e. The van der Waals surface area contributed by atoms with Crippen molar-refractivity contribution >= 4 is 5.97 Å². The van der Waals surface area contributed by atoms with Gasteiger partial charge in [0.2, 0.25) is 0 Å². The SMILES string of the molecule is COC(=O)CCC(OC)(OC)C(C)O. The Bertz CT molecular complexity index is 174. The molecule has 0 aromatic rings. The van der Waals surface area contributed by atoms with Crippen molar-refractivity contribution in [3.8, 4) is 0 Å². The van der Waals surface area contributed by atoms with Crippen LogP contribution in [0.5, 0.6) is 0 Å². The third-order valence-corrected chi connectivity index (χ3v) is 2.23. The Morgan fingerprint density at radius 3 is 2.14 bits per heavy atom. The molecule has 84 valence electrons. The van der Waals surface area contributed by atoms with Gasteiger partial charge in [0.25, 0.3) is 0 Å². The highest BCUT2D eigenvalue weighted by Crippen LogP contribution is 2.23. The molecule has 0 saturated carbocycles. The first kappa shape index (κ1) is 13.4. The fourth-order valence-corrected chi connectivity index (χ4v) is 1.22. The molecule has 0 rings (SSSR count). The lowest BCUT2D eigenvalue weighted by molar-refractivity contribution is -0.258. The Hall–Kier alpha value is -0.650. The van der Waals surface area contributed by atoms with Gasteiger partial charge in [0.1, 0.15) is 6.10 Å². The number of carbonyl (C=O) groups excluding carboxylic acids is 1. The molecule has 0 aromatic carbocycles. The van der Waals surface area contributed by atoms with E-state index in [2.05, 4.69) is 4.74 Å². The van der Waals surface area contributed by atoms with Crippen molar-refractivity contribution in [1.82, 2.24) is 0 Å². The Morgan fingerprint density at radius 2 is 1.86 bits per heavy atom. The second-order valence-electron chi connectivity index (χ2n) is 2.97. The standard InChI is InChI=1S/C9H18O5/c1-7(10)9(13-3,14-4)6-5-8(11)12-2/h7,10H,5-6H2,1-4H3. The van der Waals surface area contributed by atoms with Crippen LogP contribution in [0.25, 0.3) is 0 Å². The molecule has 1 atom stereocenters. The molecule has 0 heterocycles. The van der Waals surface area contributed by atoms with Gasteiger partial charge in [-0.3, -0.25) is 4.79 Å². The molecule has 0 spiro atoms. The maximum absolute atomic E-state index is 10.9. The monoisotopic (exact) mass is 206 g/mol. The topological polar surface area (TPSA) is 65.0 Å². The van der Waals surface area contributed by atoms with Crippen LogP contribution in [0.15, 0.2) is 0 Å². The van der Waals surface area contributed by atoms with Gasteiger partial charge in [0, 0.05) is 20.6 Å². The molecular formula is C9H18O5. The molecule has 0 bridgehead atoms. The fourth-order valence-electron chi connectivity index (χ4n) is 1.22. The molecule has 5 nitrogen and oxygen atoms in total. The van der Waals surface area contributed by atoms with E-state index in [1.165, 1.54) is 21.3 Å². The summed E-state index contributed by atoms with van der Waals surface area (Å²) in [4.78, 5) is 10.9. The highest BCUT2D eigenvalue weighted by molar-refractivity contribution is 5.69. The Labute approximate surface area is 84.0 Å². The van der Waals surface area contributed by atoms with E-state index in [-0.39, 0.29) is 18.8 Å². The molecule has 0 radical (unpaired) electrons. The van der Waals surface area contributed by atoms with Crippen LogP contribution in [0, 0.1) is 0 Å². The first-order valence-corrected chi connectivity index (χ1v) is 4.37. The number of aliphatic hydroxyl groups is 1. The van der Waals surface area contributed by atoms with Gasteiger partial charge in [0.05, 0.1) is 13.5 Å². The fraction of sp³-hybridized carbons (Fsp3) is 0.889. The zero-order valence-corrected chi connectivity index (χ0v) is 9.07. The van der Waals surface area contributed by atoms with Crippen molar-refractivity contribution < 1.29 is 24.1 Å². The lowest BCUT2D eigenvalue weighted by Gasteiger charge is -2.33. The molecule has 5 heteroatoms. The molecule has 0 aliphatic rings. The van der Waals surface area contributed by atoms with Gasteiger partial charge in [-0.1, -0.05) is 0 Å². The smallest absolute Gasteiger partial charge is 0.305 e. The summed E-state index contributed by atoms with van der Waals surface area (Å²) in [6, 6.07) is 0. The first-order valence-electron chi connectivity index (χ1n) is 4.37. The summed E-state index contributed by atoms with van der Waals surface area (Å²) in [5, 5.41) is 9.45. The molecule has 0 aliphatic heterocycles. The summed E-state index contributed by atoms with van der Waals surface area (Å²) in [6.07, 6.45) is -0.421. The third-order valence-electron chi connectivity index (χ3n) is 2.23.